The number of fused-ring (bicyclic) bond motifs is 4. The second-order valence-electron chi connectivity index (χ2n) is 9.00. The fourth-order valence-corrected chi connectivity index (χ4v) is 4.46. The van der Waals surface area contributed by atoms with E-state index in [-0.39, 0.29) is 92.3 Å². The average molecular weight is 577 g/mol. The SMILES string of the molecule is CCOc1cc2c(cc1C(=O)O)Oc1c(NC(C)=O)c3c(c(NC(C)=O)c1=N2)Oc1cc(C(=O)O)c(OCC)cc1N=3. The Morgan fingerprint density at radius 3 is 1.40 bits per heavy atom. The molecule has 0 saturated heterocycles. The molecule has 2 heterocycles. The Kier molecular flexibility index (Phi) is 7.12. The molecule has 14 nitrogen and oxygen atoms in total. The summed E-state index contributed by atoms with van der Waals surface area (Å²) in [5.74, 6) is -3.41. The van der Waals surface area contributed by atoms with Crippen LogP contribution in [-0.4, -0.2) is 47.2 Å². The Labute approximate surface area is 237 Å². The zero-order valence-corrected chi connectivity index (χ0v) is 22.8. The van der Waals surface area contributed by atoms with E-state index >= 15 is 0 Å². The second kappa shape index (κ2) is 10.7. The number of carbonyl (C=O) groups excluding carboxylic acids is 2. The number of hydrogen-bond acceptors (Lipinski definition) is 10. The molecule has 0 atom stereocenters. The Hall–Kier alpha value is -5.66. The summed E-state index contributed by atoms with van der Waals surface area (Å²) in [6, 6.07) is 5.26. The van der Waals surface area contributed by atoms with Crippen LogP contribution >= 0.6 is 0 Å². The van der Waals surface area contributed by atoms with E-state index in [1.165, 1.54) is 38.1 Å². The largest absolute Gasteiger partial charge is 0.493 e. The van der Waals surface area contributed by atoms with Gasteiger partial charge in [0, 0.05) is 38.1 Å². The van der Waals surface area contributed by atoms with Gasteiger partial charge < -0.3 is 39.8 Å². The number of benzene rings is 3. The molecular weight excluding hydrogens is 552 g/mol. The molecule has 5 rings (SSSR count). The van der Waals surface area contributed by atoms with Crippen molar-refractivity contribution < 1.29 is 48.3 Å². The highest BCUT2D eigenvalue weighted by atomic mass is 16.5. The summed E-state index contributed by atoms with van der Waals surface area (Å²) < 4.78 is 23.2. The highest BCUT2D eigenvalue weighted by Gasteiger charge is 2.31. The lowest BCUT2D eigenvalue weighted by atomic mass is 10.1. The van der Waals surface area contributed by atoms with Gasteiger partial charge in [-0.1, -0.05) is 0 Å². The van der Waals surface area contributed by atoms with Gasteiger partial charge in [0.25, 0.3) is 0 Å². The number of ether oxygens (including phenoxy) is 4. The molecule has 3 aromatic carbocycles. The molecule has 0 aromatic heterocycles. The Morgan fingerprint density at radius 2 is 1.10 bits per heavy atom. The maximum absolute atomic E-state index is 12.3. The first-order chi connectivity index (χ1) is 20.0. The molecule has 2 amide bonds. The van der Waals surface area contributed by atoms with E-state index in [9.17, 15) is 29.4 Å². The number of carboxylic acid groups (broad SMARTS) is 2. The van der Waals surface area contributed by atoms with Crippen LogP contribution in [0.3, 0.4) is 0 Å². The third-order valence-corrected chi connectivity index (χ3v) is 6.03. The van der Waals surface area contributed by atoms with Crippen LogP contribution in [0, 0.1) is 0 Å². The normalized spacial score (nSPS) is 11.9. The van der Waals surface area contributed by atoms with Gasteiger partial charge in [-0.15, -0.1) is 0 Å². The smallest absolute Gasteiger partial charge is 0.339 e. The number of aromatic carboxylic acids is 2. The van der Waals surface area contributed by atoms with Gasteiger partial charge in [-0.25, -0.2) is 19.6 Å². The fraction of sp³-hybridized carbons (Fsp3) is 0.214. The summed E-state index contributed by atoms with van der Waals surface area (Å²) in [5.41, 5.74) is 0.0586. The minimum Gasteiger partial charge on any atom is -0.493 e. The first kappa shape index (κ1) is 27.9. The van der Waals surface area contributed by atoms with Crippen LogP contribution in [0.5, 0.6) is 34.5 Å². The van der Waals surface area contributed by atoms with Crippen LogP contribution in [0.1, 0.15) is 48.4 Å². The first-order valence-electron chi connectivity index (χ1n) is 12.7. The van der Waals surface area contributed by atoms with Gasteiger partial charge >= 0.3 is 11.9 Å². The van der Waals surface area contributed by atoms with Crippen LogP contribution in [0.4, 0.5) is 22.7 Å². The van der Waals surface area contributed by atoms with Gasteiger partial charge in [-0.05, 0) is 13.8 Å². The molecule has 2 aliphatic heterocycles. The van der Waals surface area contributed by atoms with Gasteiger partial charge in [0.2, 0.25) is 11.8 Å². The van der Waals surface area contributed by atoms with E-state index in [1.807, 2.05) is 0 Å². The number of carbonyl (C=O) groups is 4. The van der Waals surface area contributed by atoms with E-state index in [1.54, 1.807) is 13.8 Å². The van der Waals surface area contributed by atoms with Crippen molar-refractivity contribution in [1.29, 1.82) is 0 Å². The molecule has 4 N–H and O–H groups in total. The Balaban J connectivity index is 1.86. The molecule has 3 aromatic rings. The lowest BCUT2D eigenvalue weighted by Crippen LogP contribution is -2.29. The van der Waals surface area contributed by atoms with Gasteiger partial charge in [0.15, 0.2) is 23.0 Å². The molecule has 0 unspecified atom stereocenters. The lowest BCUT2D eigenvalue weighted by molar-refractivity contribution is -0.115. The topological polar surface area (TPSA) is 194 Å². The van der Waals surface area contributed by atoms with Crippen molar-refractivity contribution in [2.75, 3.05) is 23.8 Å². The zero-order valence-electron chi connectivity index (χ0n) is 22.8. The van der Waals surface area contributed by atoms with Gasteiger partial charge in [0.1, 0.15) is 56.1 Å². The third-order valence-electron chi connectivity index (χ3n) is 6.03. The molecular formula is C28H24N4O10. The summed E-state index contributed by atoms with van der Waals surface area (Å²) in [4.78, 5) is 57.7. The minimum absolute atomic E-state index is 0.0210. The molecule has 0 fully saturated rings. The van der Waals surface area contributed by atoms with E-state index in [0.717, 1.165) is 0 Å². The highest BCUT2D eigenvalue weighted by Crippen LogP contribution is 2.46. The first-order valence-corrected chi connectivity index (χ1v) is 12.7. The molecule has 0 aliphatic carbocycles. The van der Waals surface area contributed by atoms with Crippen molar-refractivity contribution in [2.45, 2.75) is 27.7 Å². The van der Waals surface area contributed by atoms with Crippen LogP contribution in [-0.2, 0) is 9.59 Å². The minimum atomic E-state index is -1.26. The van der Waals surface area contributed by atoms with Crippen LogP contribution in [0.2, 0.25) is 0 Å². The highest BCUT2D eigenvalue weighted by molar-refractivity contribution is 5.97. The molecule has 216 valence electrons. The maximum Gasteiger partial charge on any atom is 0.339 e. The number of carboxylic acids is 2. The lowest BCUT2D eigenvalue weighted by Gasteiger charge is -2.25. The molecule has 42 heavy (non-hydrogen) atoms. The fourth-order valence-electron chi connectivity index (χ4n) is 4.46. The van der Waals surface area contributed by atoms with Crippen LogP contribution in [0.25, 0.3) is 0 Å². The second-order valence-corrected chi connectivity index (χ2v) is 9.00. The van der Waals surface area contributed by atoms with Crippen molar-refractivity contribution >= 4 is 46.5 Å². The van der Waals surface area contributed by atoms with Crippen molar-refractivity contribution in [3.8, 4) is 34.5 Å². The summed E-state index contributed by atoms with van der Waals surface area (Å²) in [7, 11) is 0. The number of rotatable bonds is 8. The molecule has 0 radical (unpaired) electrons. The van der Waals surface area contributed by atoms with Crippen molar-refractivity contribution in [3.05, 3.63) is 46.1 Å². The quantitative estimate of drug-likeness (QED) is 0.197. The summed E-state index contributed by atoms with van der Waals surface area (Å²) in [5, 5.41) is 24.8. The van der Waals surface area contributed by atoms with Gasteiger partial charge in [-0.3, -0.25) is 9.59 Å². The summed E-state index contributed by atoms with van der Waals surface area (Å²) in [6.45, 7) is 6.28. The molecule has 2 aliphatic rings. The number of hydrogen-bond donors (Lipinski definition) is 4. The number of nitrogens with zero attached hydrogens (tertiary/aromatic N) is 2. The number of nitrogens with one attached hydrogen (secondary N) is 2. The van der Waals surface area contributed by atoms with Gasteiger partial charge in [-0.2, -0.15) is 0 Å². The average Bonchev–Trinajstić information content (AvgIpc) is 2.92. The van der Waals surface area contributed by atoms with Crippen molar-refractivity contribution in [3.63, 3.8) is 0 Å². The Bertz CT molecular complexity index is 1700. The van der Waals surface area contributed by atoms with Crippen LogP contribution in [0.15, 0.2) is 34.3 Å². The Morgan fingerprint density at radius 1 is 0.714 bits per heavy atom. The number of amides is 2. The maximum atomic E-state index is 12.3. The van der Waals surface area contributed by atoms with E-state index in [2.05, 4.69) is 20.6 Å². The monoisotopic (exact) mass is 576 g/mol. The third kappa shape index (κ3) is 4.89. The predicted octanol–water partition coefficient (Wildman–Crippen LogP) is 3.91. The summed E-state index contributed by atoms with van der Waals surface area (Å²) in [6.07, 6.45) is 0. The van der Waals surface area contributed by atoms with Crippen molar-refractivity contribution in [2.24, 2.45) is 9.98 Å². The van der Waals surface area contributed by atoms with E-state index in [4.69, 9.17) is 18.9 Å². The number of anilines is 2. The summed E-state index contributed by atoms with van der Waals surface area (Å²) >= 11 is 0. The van der Waals surface area contributed by atoms with E-state index < -0.39 is 23.8 Å². The van der Waals surface area contributed by atoms with Gasteiger partial charge in [0.05, 0.1) is 13.2 Å². The van der Waals surface area contributed by atoms with E-state index in [0.29, 0.717) is 0 Å². The standard InChI is InChI=1S/C28H24N4O10/c1-5-39-17-9-15-19(7-13(17)27(35)36)41-25-22(30-12(4)34)24-26(21(23(25)31-15)29-11(3)33)42-20-8-14(28(37)38)18(40-6-2)10-16(20)32-24/h7-10H,5-6H2,1-4H3,(H,29,33)(H,30,34)(H,35,36)(H,37,38). The molecule has 0 spiro atoms. The molecule has 0 saturated carbocycles. The molecule has 14 heteroatoms. The predicted molar refractivity (Wildman–Crippen MR) is 146 cm³/mol. The van der Waals surface area contributed by atoms with Crippen molar-refractivity contribution in [1.82, 2.24) is 0 Å². The van der Waals surface area contributed by atoms with Crippen LogP contribution < -0.4 is 40.3 Å². The zero-order chi connectivity index (χ0) is 30.3. The molecule has 0 bridgehead atoms.